The number of ether oxygens (including phenoxy) is 1. The Labute approximate surface area is 122 Å². The molecule has 0 fully saturated rings. The predicted molar refractivity (Wildman–Crippen MR) is 76.2 cm³/mol. The van der Waals surface area contributed by atoms with Crippen LogP contribution < -0.4 is 11.1 Å². The predicted octanol–water partition coefficient (Wildman–Crippen LogP) is 0.635. The molecule has 0 aliphatic carbocycles. The van der Waals surface area contributed by atoms with Crippen LogP contribution in [-0.4, -0.2) is 35.8 Å². The van der Waals surface area contributed by atoms with E-state index in [0.29, 0.717) is 11.7 Å². The number of amides is 1. The third kappa shape index (κ3) is 3.87. The topological polar surface area (TPSA) is 103 Å². The van der Waals surface area contributed by atoms with Crippen LogP contribution in [0.15, 0.2) is 28.8 Å². The third-order valence-electron chi connectivity index (χ3n) is 2.95. The van der Waals surface area contributed by atoms with E-state index in [2.05, 4.69) is 15.5 Å². The van der Waals surface area contributed by atoms with Crippen molar-refractivity contribution in [3.8, 4) is 11.5 Å². The summed E-state index contributed by atoms with van der Waals surface area (Å²) in [6.45, 7) is 2.28. The lowest BCUT2D eigenvalue weighted by molar-refractivity contribution is -0.123. The Morgan fingerprint density at radius 3 is 2.95 bits per heavy atom. The fourth-order valence-corrected chi connectivity index (χ4v) is 1.80. The molecular weight excluding hydrogens is 272 g/mol. The van der Waals surface area contributed by atoms with Gasteiger partial charge < -0.3 is 20.3 Å². The van der Waals surface area contributed by atoms with Crippen LogP contribution in [0.25, 0.3) is 11.5 Å². The van der Waals surface area contributed by atoms with Gasteiger partial charge in [-0.25, -0.2) is 0 Å². The Kier molecular flexibility index (Phi) is 5.02. The lowest BCUT2D eigenvalue weighted by atomic mass is 10.1. The maximum absolute atomic E-state index is 11.6. The zero-order valence-corrected chi connectivity index (χ0v) is 12.0. The molecule has 0 saturated heterocycles. The first kappa shape index (κ1) is 15.1. The summed E-state index contributed by atoms with van der Waals surface area (Å²) in [4.78, 5) is 15.9. The van der Waals surface area contributed by atoms with E-state index in [-0.39, 0.29) is 19.1 Å². The number of nitrogens with one attached hydrogen (secondary N) is 1. The fraction of sp³-hybridized carbons (Fsp3) is 0.357. The van der Waals surface area contributed by atoms with Gasteiger partial charge in [0.2, 0.25) is 5.91 Å². The molecule has 112 valence electrons. The molecule has 0 aliphatic heterocycles. The number of hydrogen-bond acceptors (Lipinski definition) is 6. The summed E-state index contributed by atoms with van der Waals surface area (Å²) in [5.41, 5.74) is 7.52. The fourth-order valence-electron chi connectivity index (χ4n) is 1.80. The van der Waals surface area contributed by atoms with Crippen molar-refractivity contribution in [2.45, 2.75) is 19.5 Å². The van der Waals surface area contributed by atoms with Crippen LogP contribution in [0.1, 0.15) is 11.4 Å². The minimum absolute atomic E-state index is 0.158. The molecule has 1 aromatic carbocycles. The molecule has 3 N–H and O–H groups in total. The van der Waals surface area contributed by atoms with Gasteiger partial charge in [0.15, 0.2) is 5.82 Å². The van der Waals surface area contributed by atoms with Gasteiger partial charge in [0.05, 0.1) is 13.2 Å². The number of nitrogens with zero attached hydrogens (tertiary/aromatic N) is 2. The Morgan fingerprint density at radius 1 is 1.48 bits per heavy atom. The van der Waals surface area contributed by atoms with Crippen molar-refractivity contribution in [3.05, 3.63) is 35.7 Å². The van der Waals surface area contributed by atoms with Gasteiger partial charge in [0.1, 0.15) is 6.04 Å². The maximum atomic E-state index is 11.6. The number of aromatic nitrogens is 2. The number of methoxy groups -OCH3 is 1. The highest BCUT2D eigenvalue weighted by Crippen LogP contribution is 2.20. The molecule has 0 bridgehead atoms. The smallest absolute Gasteiger partial charge is 0.258 e. The molecule has 0 radical (unpaired) electrons. The monoisotopic (exact) mass is 290 g/mol. The lowest BCUT2D eigenvalue weighted by Gasteiger charge is -2.09. The Balaban J connectivity index is 1.98. The van der Waals surface area contributed by atoms with E-state index in [1.165, 1.54) is 7.11 Å². The Hall–Kier alpha value is -2.25. The summed E-state index contributed by atoms with van der Waals surface area (Å²) in [7, 11) is 1.49. The first-order valence-corrected chi connectivity index (χ1v) is 6.52. The number of carbonyl (C=O) groups excluding carboxylic acids is 1. The van der Waals surface area contributed by atoms with E-state index in [9.17, 15) is 4.79 Å². The molecule has 0 aliphatic rings. The molecule has 0 saturated carbocycles. The number of rotatable bonds is 6. The molecule has 1 amide bonds. The van der Waals surface area contributed by atoms with E-state index in [0.717, 1.165) is 11.1 Å². The van der Waals surface area contributed by atoms with Crippen molar-refractivity contribution in [1.29, 1.82) is 0 Å². The van der Waals surface area contributed by atoms with Gasteiger partial charge in [-0.3, -0.25) is 4.79 Å². The average molecular weight is 290 g/mol. The number of carbonyl (C=O) groups is 1. The van der Waals surface area contributed by atoms with Gasteiger partial charge in [-0.2, -0.15) is 4.98 Å². The highest BCUT2D eigenvalue weighted by atomic mass is 16.5. The van der Waals surface area contributed by atoms with E-state index in [1.807, 2.05) is 31.2 Å². The minimum atomic E-state index is -0.710. The van der Waals surface area contributed by atoms with Crippen molar-refractivity contribution in [2.75, 3.05) is 13.7 Å². The molecule has 1 unspecified atom stereocenters. The van der Waals surface area contributed by atoms with Gasteiger partial charge in [-0.1, -0.05) is 23.4 Å². The zero-order chi connectivity index (χ0) is 15.2. The highest BCUT2D eigenvalue weighted by Gasteiger charge is 2.15. The van der Waals surface area contributed by atoms with Crippen LogP contribution in [0, 0.1) is 6.92 Å². The second kappa shape index (κ2) is 6.96. The molecule has 2 aromatic rings. The Bertz CT molecular complexity index is 612. The summed E-state index contributed by atoms with van der Waals surface area (Å²) in [5.74, 6) is 0.504. The quantitative estimate of drug-likeness (QED) is 0.809. The van der Waals surface area contributed by atoms with E-state index in [1.54, 1.807) is 0 Å². The standard InChI is InChI=1S/C14H18N4O3/c1-9-5-3-4-6-10(9)14-17-12(18-21-14)7-16-13(19)11(15)8-20-2/h3-6,11H,7-8,15H2,1-2H3,(H,16,19). The molecule has 7 nitrogen and oxygen atoms in total. The number of hydrogen-bond donors (Lipinski definition) is 2. The maximum Gasteiger partial charge on any atom is 0.258 e. The summed E-state index contributed by atoms with van der Waals surface area (Å²) >= 11 is 0. The second-order valence-electron chi connectivity index (χ2n) is 4.61. The molecule has 2 rings (SSSR count). The first-order valence-electron chi connectivity index (χ1n) is 6.52. The molecule has 0 spiro atoms. The van der Waals surface area contributed by atoms with E-state index >= 15 is 0 Å². The largest absolute Gasteiger partial charge is 0.383 e. The van der Waals surface area contributed by atoms with Crippen LogP contribution >= 0.6 is 0 Å². The van der Waals surface area contributed by atoms with Crippen molar-refractivity contribution in [3.63, 3.8) is 0 Å². The normalized spacial score (nSPS) is 12.1. The van der Waals surface area contributed by atoms with Crippen LogP contribution in [0.3, 0.4) is 0 Å². The van der Waals surface area contributed by atoms with Crippen molar-refractivity contribution in [2.24, 2.45) is 5.73 Å². The van der Waals surface area contributed by atoms with Gasteiger partial charge in [-0.05, 0) is 18.6 Å². The third-order valence-corrected chi connectivity index (χ3v) is 2.95. The molecule has 7 heteroatoms. The second-order valence-corrected chi connectivity index (χ2v) is 4.61. The van der Waals surface area contributed by atoms with E-state index in [4.69, 9.17) is 15.0 Å². The van der Waals surface area contributed by atoms with Gasteiger partial charge in [0, 0.05) is 12.7 Å². The molecule has 21 heavy (non-hydrogen) atoms. The van der Waals surface area contributed by atoms with Crippen LogP contribution in [-0.2, 0) is 16.1 Å². The number of benzene rings is 1. The summed E-state index contributed by atoms with van der Waals surface area (Å²) in [5, 5.41) is 6.47. The minimum Gasteiger partial charge on any atom is -0.383 e. The summed E-state index contributed by atoms with van der Waals surface area (Å²) in [6, 6.07) is 6.99. The SMILES string of the molecule is COCC(N)C(=O)NCc1noc(-c2ccccc2C)n1. The van der Waals surface area contributed by atoms with E-state index < -0.39 is 6.04 Å². The summed E-state index contributed by atoms with van der Waals surface area (Å²) in [6.07, 6.45) is 0. The van der Waals surface area contributed by atoms with Gasteiger partial charge in [0.25, 0.3) is 5.89 Å². The summed E-state index contributed by atoms with van der Waals surface area (Å²) < 4.78 is 10.0. The van der Waals surface area contributed by atoms with Crippen molar-refractivity contribution >= 4 is 5.91 Å². The number of aryl methyl sites for hydroxylation is 1. The van der Waals surface area contributed by atoms with Gasteiger partial charge >= 0.3 is 0 Å². The van der Waals surface area contributed by atoms with Crippen molar-refractivity contribution < 1.29 is 14.1 Å². The highest BCUT2D eigenvalue weighted by molar-refractivity contribution is 5.81. The molecule has 1 atom stereocenters. The molecule has 1 aromatic heterocycles. The first-order chi connectivity index (χ1) is 10.1. The van der Waals surface area contributed by atoms with Crippen LogP contribution in [0.2, 0.25) is 0 Å². The van der Waals surface area contributed by atoms with Crippen LogP contribution in [0.5, 0.6) is 0 Å². The van der Waals surface area contributed by atoms with Gasteiger partial charge in [-0.15, -0.1) is 0 Å². The molecular formula is C14H18N4O3. The molecule has 1 heterocycles. The van der Waals surface area contributed by atoms with Crippen LogP contribution in [0.4, 0.5) is 0 Å². The number of nitrogens with two attached hydrogens (primary N) is 1. The van der Waals surface area contributed by atoms with Crippen molar-refractivity contribution in [1.82, 2.24) is 15.5 Å². The Morgan fingerprint density at radius 2 is 2.24 bits per heavy atom. The zero-order valence-electron chi connectivity index (χ0n) is 12.0. The average Bonchev–Trinajstić information content (AvgIpc) is 2.94. The lowest BCUT2D eigenvalue weighted by Crippen LogP contribution is -2.43.